The van der Waals surface area contributed by atoms with Gasteiger partial charge in [0.1, 0.15) is 0 Å². The van der Waals surface area contributed by atoms with E-state index in [-0.39, 0.29) is 11.4 Å². The van der Waals surface area contributed by atoms with Gasteiger partial charge in [-0.2, -0.15) is 0 Å². The summed E-state index contributed by atoms with van der Waals surface area (Å²) >= 11 is 0. The monoisotopic (exact) mass is 432 g/mol. The Morgan fingerprint density at radius 1 is 0.774 bits per heavy atom. The molecule has 0 bridgehead atoms. The van der Waals surface area contributed by atoms with Gasteiger partial charge in [0.2, 0.25) is 0 Å². The van der Waals surface area contributed by atoms with Crippen LogP contribution in [0.15, 0.2) is 0 Å². The predicted octanol–water partition coefficient (Wildman–Crippen LogP) is 8.72. The lowest BCUT2D eigenvalue weighted by atomic mass is 9.62. The minimum Gasteiger partial charge on any atom is -0.466 e. The molecule has 2 nitrogen and oxygen atoms in total. The van der Waals surface area contributed by atoms with Gasteiger partial charge in [-0.3, -0.25) is 4.79 Å². The summed E-state index contributed by atoms with van der Waals surface area (Å²) in [6, 6.07) is 0. The lowest BCUT2D eigenvalue weighted by Crippen LogP contribution is -2.39. The molecule has 0 unspecified atom stereocenters. The SMILES string of the molecule is CCCCC[C@H]1CC[C@H](CCC2(C(=O)OCC)CCC(C3CCC(C)CC3)CC2)CC1. The molecule has 0 aromatic carbocycles. The van der Waals surface area contributed by atoms with Crippen LogP contribution in [0.2, 0.25) is 0 Å². The molecular formula is C29H52O2. The van der Waals surface area contributed by atoms with Crippen LogP contribution in [0.3, 0.4) is 0 Å². The van der Waals surface area contributed by atoms with E-state index in [9.17, 15) is 4.79 Å². The average molecular weight is 433 g/mol. The predicted molar refractivity (Wildman–Crippen MR) is 131 cm³/mol. The topological polar surface area (TPSA) is 26.3 Å². The fourth-order valence-electron chi connectivity index (χ4n) is 7.23. The number of carbonyl (C=O) groups excluding carboxylic acids is 1. The van der Waals surface area contributed by atoms with Crippen LogP contribution in [0.25, 0.3) is 0 Å². The zero-order valence-electron chi connectivity index (χ0n) is 21.1. The Kier molecular flexibility index (Phi) is 10.2. The smallest absolute Gasteiger partial charge is 0.312 e. The molecule has 0 saturated heterocycles. The highest BCUT2D eigenvalue weighted by Gasteiger charge is 2.44. The Morgan fingerprint density at radius 3 is 1.94 bits per heavy atom. The third-order valence-corrected chi connectivity index (χ3v) is 9.64. The van der Waals surface area contributed by atoms with E-state index in [0.29, 0.717) is 6.61 Å². The third-order valence-electron chi connectivity index (χ3n) is 9.64. The molecule has 180 valence electrons. The summed E-state index contributed by atoms with van der Waals surface area (Å²) in [6.45, 7) is 7.23. The molecule has 0 aromatic heterocycles. The van der Waals surface area contributed by atoms with Gasteiger partial charge in [-0.15, -0.1) is 0 Å². The Bertz CT molecular complexity index is 503. The fourth-order valence-corrected chi connectivity index (χ4v) is 7.23. The van der Waals surface area contributed by atoms with E-state index in [1.54, 1.807) is 0 Å². The fraction of sp³-hybridized carbons (Fsp3) is 0.966. The molecule has 3 aliphatic carbocycles. The minimum atomic E-state index is -0.160. The molecular weight excluding hydrogens is 380 g/mol. The molecule has 3 saturated carbocycles. The van der Waals surface area contributed by atoms with E-state index in [2.05, 4.69) is 13.8 Å². The normalized spacial score (nSPS) is 36.8. The highest BCUT2D eigenvalue weighted by atomic mass is 16.5. The van der Waals surface area contributed by atoms with Crippen molar-refractivity contribution in [3.05, 3.63) is 0 Å². The largest absolute Gasteiger partial charge is 0.466 e. The van der Waals surface area contributed by atoms with Crippen molar-refractivity contribution in [3.8, 4) is 0 Å². The number of rotatable bonds is 10. The van der Waals surface area contributed by atoms with Crippen LogP contribution in [0, 0.1) is 35.0 Å². The number of esters is 1. The first-order valence-corrected chi connectivity index (χ1v) is 14.2. The summed E-state index contributed by atoms with van der Waals surface area (Å²) in [5.74, 6) is 4.70. The van der Waals surface area contributed by atoms with Crippen LogP contribution in [0.1, 0.15) is 136 Å². The van der Waals surface area contributed by atoms with Gasteiger partial charge in [-0.1, -0.05) is 78.1 Å². The summed E-state index contributed by atoms with van der Waals surface area (Å²) in [6.07, 6.45) is 24.1. The first-order chi connectivity index (χ1) is 15.1. The Morgan fingerprint density at radius 2 is 1.35 bits per heavy atom. The van der Waals surface area contributed by atoms with Crippen molar-refractivity contribution in [3.63, 3.8) is 0 Å². The van der Waals surface area contributed by atoms with Crippen molar-refractivity contribution in [1.82, 2.24) is 0 Å². The standard InChI is InChI=1S/C29H52O2/c1-4-6-7-8-24-11-13-25(14-12-24)17-20-29(28(30)31-5-2)21-18-27(19-22-29)26-15-9-23(3)10-16-26/h23-27H,4-22H2,1-3H3/t23?,24-,25-,26?,27?,29?. The van der Waals surface area contributed by atoms with Gasteiger partial charge in [0.05, 0.1) is 12.0 Å². The van der Waals surface area contributed by atoms with Crippen molar-refractivity contribution in [1.29, 1.82) is 0 Å². The van der Waals surface area contributed by atoms with Crippen LogP contribution in [-0.4, -0.2) is 12.6 Å². The number of carbonyl (C=O) groups is 1. The van der Waals surface area contributed by atoms with Crippen LogP contribution >= 0.6 is 0 Å². The molecule has 3 aliphatic rings. The number of ether oxygens (including phenoxy) is 1. The average Bonchev–Trinajstić information content (AvgIpc) is 2.80. The summed E-state index contributed by atoms with van der Waals surface area (Å²) in [5, 5.41) is 0. The Labute approximate surface area is 193 Å². The molecule has 2 heteroatoms. The van der Waals surface area contributed by atoms with Crippen LogP contribution < -0.4 is 0 Å². The maximum absolute atomic E-state index is 13.1. The van der Waals surface area contributed by atoms with Gasteiger partial charge in [0.15, 0.2) is 0 Å². The van der Waals surface area contributed by atoms with Gasteiger partial charge in [-0.25, -0.2) is 0 Å². The van der Waals surface area contributed by atoms with Crippen molar-refractivity contribution in [2.75, 3.05) is 6.61 Å². The van der Waals surface area contributed by atoms with Crippen molar-refractivity contribution < 1.29 is 9.53 Å². The lowest BCUT2D eigenvalue weighted by Gasteiger charge is -2.43. The van der Waals surface area contributed by atoms with E-state index in [1.165, 1.54) is 96.3 Å². The molecule has 0 amide bonds. The third kappa shape index (κ3) is 7.23. The summed E-state index contributed by atoms with van der Waals surface area (Å²) in [4.78, 5) is 13.1. The number of hydrogen-bond donors (Lipinski definition) is 0. The van der Waals surface area contributed by atoms with E-state index in [4.69, 9.17) is 4.74 Å². The molecule has 31 heavy (non-hydrogen) atoms. The van der Waals surface area contributed by atoms with E-state index in [1.807, 2.05) is 6.92 Å². The quantitative estimate of drug-likeness (QED) is 0.255. The second-order valence-corrected chi connectivity index (χ2v) is 11.8. The Balaban J connectivity index is 1.47. The molecule has 0 N–H and O–H groups in total. The summed E-state index contributed by atoms with van der Waals surface area (Å²) < 4.78 is 5.65. The van der Waals surface area contributed by atoms with Crippen molar-refractivity contribution in [2.24, 2.45) is 35.0 Å². The zero-order valence-corrected chi connectivity index (χ0v) is 21.1. The molecule has 0 aromatic rings. The maximum atomic E-state index is 13.1. The van der Waals surface area contributed by atoms with Crippen molar-refractivity contribution >= 4 is 5.97 Å². The van der Waals surface area contributed by atoms with E-state index >= 15 is 0 Å². The molecule has 0 aliphatic heterocycles. The molecule has 3 rings (SSSR count). The van der Waals surface area contributed by atoms with Gasteiger partial charge in [0.25, 0.3) is 0 Å². The molecule has 0 heterocycles. The zero-order chi connectivity index (χ0) is 22.1. The lowest BCUT2D eigenvalue weighted by molar-refractivity contribution is -0.159. The van der Waals surface area contributed by atoms with E-state index < -0.39 is 0 Å². The molecule has 0 spiro atoms. The number of hydrogen-bond acceptors (Lipinski definition) is 2. The second kappa shape index (κ2) is 12.6. The molecule has 3 fully saturated rings. The number of unbranched alkanes of at least 4 members (excludes halogenated alkanes) is 2. The van der Waals surface area contributed by atoms with Crippen LogP contribution in [0.4, 0.5) is 0 Å². The Hall–Kier alpha value is -0.530. The van der Waals surface area contributed by atoms with Crippen LogP contribution in [-0.2, 0) is 9.53 Å². The van der Waals surface area contributed by atoms with Gasteiger partial charge < -0.3 is 4.74 Å². The van der Waals surface area contributed by atoms with Gasteiger partial charge in [0, 0.05) is 0 Å². The highest BCUT2D eigenvalue weighted by molar-refractivity contribution is 5.77. The minimum absolute atomic E-state index is 0.138. The first kappa shape index (κ1) is 25.1. The van der Waals surface area contributed by atoms with Crippen LogP contribution in [0.5, 0.6) is 0 Å². The van der Waals surface area contributed by atoms with Crippen molar-refractivity contribution in [2.45, 2.75) is 136 Å². The van der Waals surface area contributed by atoms with Gasteiger partial charge >= 0.3 is 5.97 Å². The summed E-state index contributed by atoms with van der Waals surface area (Å²) in [7, 11) is 0. The first-order valence-electron chi connectivity index (χ1n) is 14.2. The maximum Gasteiger partial charge on any atom is 0.312 e. The molecule has 0 radical (unpaired) electrons. The highest BCUT2D eigenvalue weighted by Crippen LogP contribution is 2.49. The molecule has 0 atom stereocenters. The van der Waals surface area contributed by atoms with E-state index in [0.717, 1.165) is 48.9 Å². The second-order valence-electron chi connectivity index (χ2n) is 11.8. The summed E-state index contributed by atoms with van der Waals surface area (Å²) in [5.41, 5.74) is -0.160. The van der Waals surface area contributed by atoms with Gasteiger partial charge in [-0.05, 0) is 87.9 Å².